The van der Waals surface area contributed by atoms with Crippen LogP contribution in [0.1, 0.15) is 16.5 Å². The van der Waals surface area contributed by atoms with Crippen LogP contribution in [0.4, 0.5) is 4.39 Å². The van der Waals surface area contributed by atoms with Crippen LogP contribution in [0.2, 0.25) is 5.02 Å². The summed E-state index contributed by atoms with van der Waals surface area (Å²) in [6.45, 7) is 0. The molecule has 3 rings (SSSR count). The molecule has 1 N–H and O–H groups in total. The van der Waals surface area contributed by atoms with Crippen molar-refractivity contribution in [3.05, 3.63) is 57.0 Å². The van der Waals surface area contributed by atoms with Crippen molar-refractivity contribution in [1.82, 2.24) is 0 Å². The van der Waals surface area contributed by atoms with Crippen molar-refractivity contribution in [2.24, 2.45) is 0 Å². The number of hydrogen-bond acceptors (Lipinski definition) is 3. The van der Waals surface area contributed by atoms with Crippen molar-refractivity contribution in [3.63, 3.8) is 0 Å². The maximum absolute atomic E-state index is 13.2. The summed E-state index contributed by atoms with van der Waals surface area (Å²) in [5, 5.41) is 12.8. The van der Waals surface area contributed by atoms with Gasteiger partial charge in [0, 0.05) is 25.7 Å². The van der Waals surface area contributed by atoms with Crippen LogP contribution in [0.5, 0.6) is 0 Å². The van der Waals surface area contributed by atoms with E-state index in [0.717, 1.165) is 4.88 Å². The van der Waals surface area contributed by atoms with Gasteiger partial charge < -0.3 is 5.11 Å². The molecule has 1 aromatic carbocycles. The fraction of sp³-hybridized carbons (Fsp3) is 0.143. The maximum Gasteiger partial charge on any atom is 0.123 e. The highest BCUT2D eigenvalue weighted by Crippen LogP contribution is 2.35. The lowest BCUT2D eigenvalue weighted by Gasteiger charge is -2.10. The van der Waals surface area contributed by atoms with Crippen molar-refractivity contribution in [3.8, 4) is 0 Å². The van der Waals surface area contributed by atoms with E-state index >= 15 is 0 Å². The fourth-order valence-electron chi connectivity index (χ4n) is 1.96. The maximum atomic E-state index is 13.2. The molecule has 0 aliphatic rings. The largest absolute Gasteiger partial charge is 0.387 e. The van der Waals surface area contributed by atoms with Crippen molar-refractivity contribution < 1.29 is 9.50 Å². The molecule has 0 saturated carbocycles. The predicted molar refractivity (Wildman–Crippen MR) is 79.8 cm³/mol. The number of fused-ring (bicyclic) bond motifs is 1. The Labute approximate surface area is 122 Å². The number of hydrogen-bond donors (Lipinski definition) is 1. The summed E-state index contributed by atoms with van der Waals surface area (Å²) in [7, 11) is 0. The van der Waals surface area contributed by atoms with Gasteiger partial charge in [-0.3, -0.25) is 0 Å². The standard InChI is InChI=1S/C14H10ClFOS2/c15-10-2-1-9(16)5-8(10)6-11(17)13-7-14-12(19-13)3-4-18-14/h1-5,7,11,17H,6H2. The molecule has 0 saturated heterocycles. The molecule has 3 aromatic rings. The summed E-state index contributed by atoms with van der Waals surface area (Å²) in [5.74, 6) is -0.334. The van der Waals surface area contributed by atoms with Gasteiger partial charge in [0.1, 0.15) is 5.82 Å². The Kier molecular flexibility index (Phi) is 3.58. The average Bonchev–Trinajstić information content (AvgIpc) is 2.94. The second kappa shape index (κ2) is 5.21. The van der Waals surface area contributed by atoms with Gasteiger partial charge in [-0.2, -0.15) is 0 Å². The zero-order chi connectivity index (χ0) is 13.4. The van der Waals surface area contributed by atoms with Gasteiger partial charge in [0.2, 0.25) is 0 Å². The monoisotopic (exact) mass is 312 g/mol. The Bertz CT molecular complexity index is 691. The molecule has 1 nitrogen and oxygen atoms in total. The number of aliphatic hydroxyl groups is 1. The minimum absolute atomic E-state index is 0.324. The van der Waals surface area contributed by atoms with Crippen LogP contribution in [0.25, 0.3) is 9.40 Å². The van der Waals surface area contributed by atoms with Crippen LogP contribution < -0.4 is 0 Å². The Morgan fingerprint density at radius 1 is 1.21 bits per heavy atom. The van der Waals surface area contributed by atoms with E-state index in [1.165, 1.54) is 27.6 Å². The van der Waals surface area contributed by atoms with Crippen molar-refractivity contribution in [2.45, 2.75) is 12.5 Å². The summed E-state index contributed by atoms with van der Waals surface area (Å²) in [4.78, 5) is 0.891. The third-order valence-electron chi connectivity index (χ3n) is 2.91. The van der Waals surface area contributed by atoms with E-state index in [4.69, 9.17) is 11.6 Å². The first-order valence-corrected chi connectivity index (χ1v) is 7.80. The second-order valence-corrected chi connectivity index (χ2v) is 6.72. The number of benzene rings is 1. The summed E-state index contributed by atoms with van der Waals surface area (Å²) in [6.07, 6.45) is -0.325. The summed E-state index contributed by atoms with van der Waals surface area (Å²) in [6, 6.07) is 8.24. The lowest BCUT2D eigenvalue weighted by Crippen LogP contribution is -2.00. The van der Waals surface area contributed by atoms with Crippen LogP contribution in [-0.2, 0) is 6.42 Å². The van der Waals surface area contributed by atoms with Crippen molar-refractivity contribution in [2.75, 3.05) is 0 Å². The molecular weight excluding hydrogens is 303 g/mol. The van der Waals surface area contributed by atoms with Gasteiger partial charge in [-0.05, 0) is 41.3 Å². The summed E-state index contributed by atoms with van der Waals surface area (Å²) in [5.41, 5.74) is 0.630. The Morgan fingerprint density at radius 2 is 2.05 bits per heavy atom. The molecule has 98 valence electrons. The molecule has 0 spiro atoms. The molecule has 19 heavy (non-hydrogen) atoms. The zero-order valence-electron chi connectivity index (χ0n) is 9.77. The van der Waals surface area contributed by atoms with E-state index in [0.29, 0.717) is 17.0 Å². The fourth-order valence-corrected chi connectivity index (χ4v) is 4.26. The Morgan fingerprint density at radius 3 is 2.84 bits per heavy atom. The third kappa shape index (κ3) is 2.67. The molecule has 1 atom stereocenters. The average molecular weight is 313 g/mol. The van der Waals surface area contributed by atoms with E-state index in [9.17, 15) is 9.50 Å². The van der Waals surface area contributed by atoms with Gasteiger partial charge in [0.15, 0.2) is 0 Å². The topological polar surface area (TPSA) is 20.2 Å². The van der Waals surface area contributed by atoms with Gasteiger partial charge in [-0.15, -0.1) is 22.7 Å². The molecule has 5 heteroatoms. The molecule has 0 bridgehead atoms. The molecule has 1 unspecified atom stereocenters. The first-order valence-electron chi connectivity index (χ1n) is 5.72. The Hall–Kier alpha value is -0.940. The molecule has 0 aliphatic carbocycles. The third-order valence-corrected chi connectivity index (χ3v) is 5.47. The minimum atomic E-state index is -0.649. The summed E-state index contributed by atoms with van der Waals surface area (Å²) < 4.78 is 15.5. The quantitative estimate of drug-likeness (QED) is 0.719. The number of thiophene rings is 2. The van der Waals surface area contributed by atoms with Gasteiger partial charge in [-0.25, -0.2) is 4.39 Å². The minimum Gasteiger partial charge on any atom is -0.387 e. The number of halogens is 2. The van der Waals surface area contributed by atoms with Gasteiger partial charge in [0.25, 0.3) is 0 Å². The summed E-state index contributed by atoms with van der Waals surface area (Å²) >= 11 is 9.23. The lowest BCUT2D eigenvalue weighted by atomic mass is 10.1. The van der Waals surface area contributed by atoms with Crippen LogP contribution in [0.3, 0.4) is 0 Å². The number of aliphatic hydroxyl groups excluding tert-OH is 1. The molecule has 0 radical (unpaired) electrons. The van der Waals surface area contributed by atoms with Crippen LogP contribution in [0, 0.1) is 5.82 Å². The number of rotatable bonds is 3. The second-order valence-electron chi connectivity index (χ2n) is 4.25. The van der Waals surface area contributed by atoms with Crippen LogP contribution >= 0.6 is 34.3 Å². The predicted octanol–water partition coefficient (Wildman–Crippen LogP) is 5.03. The molecule has 0 fully saturated rings. The molecule has 0 aliphatic heterocycles. The molecule has 2 aromatic heterocycles. The highest BCUT2D eigenvalue weighted by atomic mass is 35.5. The Balaban J connectivity index is 1.86. The van der Waals surface area contributed by atoms with E-state index in [2.05, 4.69) is 0 Å². The van der Waals surface area contributed by atoms with E-state index in [1.807, 2.05) is 17.5 Å². The SMILES string of the molecule is OC(Cc1cc(F)ccc1Cl)c1cc2sccc2s1. The van der Waals surface area contributed by atoms with E-state index in [1.54, 1.807) is 22.7 Å². The van der Waals surface area contributed by atoms with Crippen LogP contribution in [-0.4, -0.2) is 5.11 Å². The van der Waals surface area contributed by atoms with Crippen LogP contribution in [0.15, 0.2) is 35.7 Å². The highest BCUT2D eigenvalue weighted by molar-refractivity contribution is 7.26. The lowest BCUT2D eigenvalue weighted by molar-refractivity contribution is 0.182. The normalized spacial score (nSPS) is 13.0. The van der Waals surface area contributed by atoms with Gasteiger partial charge in [-0.1, -0.05) is 11.6 Å². The smallest absolute Gasteiger partial charge is 0.123 e. The molecule has 2 heterocycles. The first-order chi connectivity index (χ1) is 9.13. The van der Waals surface area contributed by atoms with Crippen molar-refractivity contribution in [1.29, 1.82) is 0 Å². The molecular formula is C14H10ClFOS2. The zero-order valence-corrected chi connectivity index (χ0v) is 12.2. The van der Waals surface area contributed by atoms with Crippen molar-refractivity contribution >= 4 is 43.7 Å². The first kappa shape index (κ1) is 13.1. The van der Waals surface area contributed by atoms with E-state index < -0.39 is 6.10 Å². The van der Waals surface area contributed by atoms with Gasteiger partial charge >= 0.3 is 0 Å². The van der Waals surface area contributed by atoms with Gasteiger partial charge in [0.05, 0.1) is 6.10 Å². The highest BCUT2D eigenvalue weighted by Gasteiger charge is 2.15. The molecule has 0 amide bonds. The van der Waals surface area contributed by atoms with E-state index in [-0.39, 0.29) is 5.82 Å².